The zero-order valence-electron chi connectivity index (χ0n) is 14.8. The lowest BCUT2D eigenvalue weighted by Gasteiger charge is -2.09. The smallest absolute Gasteiger partial charge is 0.258 e. The Bertz CT molecular complexity index is 1150. The highest BCUT2D eigenvalue weighted by Gasteiger charge is 2.16. The number of pyridine rings is 2. The maximum atomic E-state index is 13.2. The van der Waals surface area contributed by atoms with E-state index < -0.39 is 0 Å². The van der Waals surface area contributed by atoms with Crippen molar-refractivity contribution in [2.45, 2.75) is 13.8 Å². The zero-order chi connectivity index (χ0) is 19.0. The Morgan fingerprint density at radius 3 is 2.56 bits per heavy atom. The van der Waals surface area contributed by atoms with Gasteiger partial charge in [-0.2, -0.15) is 5.10 Å². The van der Waals surface area contributed by atoms with E-state index in [4.69, 9.17) is 0 Å². The van der Waals surface area contributed by atoms with E-state index >= 15 is 0 Å². The number of nitrogens with zero attached hydrogens (tertiary/aromatic N) is 4. The van der Waals surface area contributed by atoms with Crippen LogP contribution in [0.3, 0.4) is 0 Å². The zero-order valence-corrected chi connectivity index (χ0v) is 14.8. The number of fused-ring (bicyclic) bond motifs is 1. The number of benzene rings is 1. The monoisotopic (exact) mass is 361 g/mol. The molecule has 0 aliphatic carbocycles. The summed E-state index contributed by atoms with van der Waals surface area (Å²) in [6, 6.07) is 9.63. The van der Waals surface area contributed by atoms with Crippen molar-refractivity contribution in [3.63, 3.8) is 0 Å². The molecule has 0 atom stereocenters. The van der Waals surface area contributed by atoms with Crippen molar-refractivity contribution in [3.8, 4) is 5.69 Å². The normalized spacial score (nSPS) is 10.9. The van der Waals surface area contributed by atoms with E-state index in [0.29, 0.717) is 27.8 Å². The highest BCUT2D eigenvalue weighted by atomic mass is 19.1. The summed E-state index contributed by atoms with van der Waals surface area (Å²) in [6.45, 7) is 3.74. The number of nitrogens with one attached hydrogen (secondary N) is 1. The first-order valence-corrected chi connectivity index (χ1v) is 8.36. The average Bonchev–Trinajstić information content (AvgIpc) is 3.09. The topological polar surface area (TPSA) is 72.7 Å². The van der Waals surface area contributed by atoms with E-state index in [1.54, 1.807) is 29.2 Å². The second kappa shape index (κ2) is 6.60. The quantitative estimate of drug-likeness (QED) is 0.602. The highest BCUT2D eigenvalue weighted by molar-refractivity contribution is 6.12. The molecule has 6 nitrogen and oxygen atoms in total. The van der Waals surface area contributed by atoms with E-state index in [9.17, 15) is 9.18 Å². The van der Waals surface area contributed by atoms with Crippen molar-refractivity contribution in [2.24, 2.45) is 0 Å². The van der Waals surface area contributed by atoms with Crippen LogP contribution >= 0.6 is 0 Å². The van der Waals surface area contributed by atoms with Gasteiger partial charge in [0.2, 0.25) is 0 Å². The van der Waals surface area contributed by atoms with E-state index in [2.05, 4.69) is 20.4 Å². The lowest BCUT2D eigenvalue weighted by molar-refractivity contribution is 0.102. The molecule has 0 radical (unpaired) electrons. The number of rotatable bonds is 3. The van der Waals surface area contributed by atoms with Crippen LogP contribution in [0.5, 0.6) is 0 Å². The number of anilines is 1. The summed E-state index contributed by atoms with van der Waals surface area (Å²) in [6.07, 6.45) is 4.74. The van der Waals surface area contributed by atoms with E-state index in [1.165, 1.54) is 18.3 Å². The number of hydrogen-bond acceptors (Lipinski definition) is 4. The molecular formula is C20H16FN5O. The molecule has 0 fully saturated rings. The third-order valence-corrected chi connectivity index (χ3v) is 4.29. The summed E-state index contributed by atoms with van der Waals surface area (Å²) in [5.74, 6) is -0.615. The minimum Gasteiger partial charge on any atom is -0.320 e. The van der Waals surface area contributed by atoms with Gasteiger partial charge in [0.25, 0.3) is 5.91 Å². The van der Waals surface area contributed by atoms with Crippen LogP contribution in [0, 0.1) is 19.7 Å². The molecule has 1 N–H and O–H groups in total. The number of carbonyl (C=O) groups excluding carboxylic acids is 1. The van der Waals surface area contributed by atoms with Crippen molar-refractivity contribution in [1.29, 1.82) is 0 Å². The number of carbonyl (C=O) groups is 1. The molecule has 3 heterocycles. The van der Waals surface area contributed by atoms with Gasteiger partial charge in [-0.25, -0.2) is 9.07 Å². The summed E-state index contributed by atoms with van der Waals surface area (Å²) in [5, 5.41) is 7.87. The third-order valence-electron chi connectivity index (χ3n) is 4.29. The third kappa shape index (κ3) is 3.15. The van der Waals surface area contributed by atoms with Crippen molar-refractivity contribution < 1.29 is 9.18 Å². The molecule has 4 aromatic rings. The number of halogens is 1. The summed E-state index contributed by atoms with van der Waals surface area (Å²) < 4.78 is 14.8. The molecule has 0 aliphatic rings. The minimum absolute atomic E-state index is 0.291. The number of amides is 1. The van der Waals surface area contributed by atoms with Gasteiger partial charge in [-0.05, 0) is 50.2 Å². The first kappa shape index (κ1) is 16.8. The Hall–Kier alpha value is -3.61. The van der Waals surface area contributed by atoms with Crippen molar-refractivity contribution in [3.05, 3.63) is 77.8 Å². The van der Waals surface area contributed by atoms with Gasteiger partial charge in [0.15, 0.2) is 0 Å². The molecule has 0 unspecified atom stereocenters. The maximum absolute atomic E-state index is 13.2. The molecule has 0 saturated carbocycles. The molecule has 1 aromatic carbocycles. The summed E-state index contributed by atoms with van der Waals surface area (Å²) in [4.78, 5) is 21.3. The average molecular weight is 361 g/mol. The maximum Gasteiger partial charge on any atom is 0.258 e. The largest absolute Gasteiger partial charge is 0.320 e. The lowest BCUT2D eigenvalue weighted by atomic mass is 10.1. The summed E-state index contributed by atoms with van der Waals surface area (Å²) in [7, 11) is 0. The Kier molecular flexibility index (Phi) is 4.12. The second-order valence-electron chi connectivity index (χ2n) is 6.19. The predicted octanol–water partition coefficient (Wildman–Crippen LogP) is 3.82. The van der Waals surface area contributed by atoms with Gasteiger partial charge in [-0.15, -0.1) is 0 Å². The van der Waals surface area contributed by atoms with Crippen molar-refractivity contribution in [2.75, 3.05) is 5.32 Å². The van der Waals surface area contributed by atoms with E-state index in [0.717, 1.165) is 11.4 Å². The van der Waals surface area contributed by atoms with Gasteiger partial charge in [-0.3, -0.25) is 14.8 Å². The second-order valence-corrected chi connectivity index (χ2v) is 6.19. The highest BCUT2D eigenvalue weighted by Crippen LogP contribution is 2.22. The predicted molar refractivity (Wildman–Crippen MR) is 100 cm³/mol. The molecule has 1 amide bonds. The van der Waals surface area contributed by atoms with Crippen LogP contribution in [0.1, 0.15) is 21.7 Å². The van der Waals surface area contributed by atoms with Crippen molar-refractivity contribution in [1.82, 2.24) is 19.7 Å². The van der Waals surface area contributed by atoms with Gasteiger partial charge >= 0.3 is 0 Å². The summed E-state index contributed by atoms with van der Waals surface area (Å²) in [5.41, 5.74) is 4.02. The van der Waals surface area contributed by atoms with Crippen LogP contribution in [0.2, 0.25) is 0 Å². The van der Waals surface area contributed by atoms with Crippen LogP contribution in [0.15, 0.2) is 55.0 Å². The molecule has 134 valence electrons. The molecule has 0 saturated heterocycles. The molecular weight excluding hydrogens is 345 g/mol. The standard InChI is InChI=1S/C20H16FN5O/c1-12-3-8-18(13(2)24-12)25-20(27)17-9-22-11-19-16(17)10-23-26(19)15-6-4-14(21)5-7-15/h3-11H,1-2H3,(H,25,27). The molecule has 0 aliphatic heterocycles. The molecule has 4 rings (SSSR count). The number of hydrogen-bond donors (Lipinski definition) is 1. The molecule has 0 spiro atoms. The minimum atomic E-state index is -0.324. The Balaban J connectivity index is 1.72. The van der Waals surface area contributed by atoms with Gasteiger partial charge < -0.3 is 5.32 Å². The van der Waals surface area contributed by atoms with Crippen LogP contribution in [0.25, 0.3) is 16.6 Å². The fourth-order valence-corrected chi connectivity index (χ4v) is 2.92. The Morgan fingerprint density at radius 1 is 1.04 bits per heavy atom. The first-order chi connectivity index (χ1) is 13.0. The lowest BCUT2D eigenvalue weighted by Crippen LogP contribution is -2.14. The number of aryl methyl sites for hydroxylation is 2. The molecule has 3 aromatic heterocycles. The van der Waals surface area contributed by atoms with Gasteiger partial charge in [0.05, 0.1) is 40.5 Å². The van der Waals surface area contributed by atoms with Crippen LogP contribution < -0.4 is 5.32 Å². The SMILES string of the molecule is Cc1ccc(NC(=O)c2cncc3c2cnn3-c2ccc(F)cc2)c(C)n1. The molecule has 7 heteroatoms. The van der Waals surface area contributed by atoms with Crippen LogP contribution in [-0.4, -0.2) is 25.7 Å². The first-order valence-electron chi connectivity index (χ1n) is 8.36. The van der Waals surface area contributed by atoms with Gasteiger partial charge in [0, 0.05) is 17.3 Å². The summed E-state index contributed by atoms with van der Waals surface area (Å²) >= 11 is 0. The Labute approximate surface area is 154 Å². The molecule has 0 bridgehead atoms. The molecule has 27 heavy (non-hydrogen) atoms. The Morgan fingerprint density at radius 2 is 1.81 bits per heavy atom. The van der Waals surface area contributed by atoms with Gasteiger partial charge in [0.1, 0.15) is 5.82 Å². The number of aromatic nitrogens is 4. The van der Waals surface area contributed by atoms with E-state index in [-0.39, 0.29) is 11.7 Å². The van der Waals surface area contributed by atoms with Crippen molar-refractivity contribution >= 4 is 22.5 Å². The fraction of sp³-hybridized carbons (Fsp3) is 0.100. The van der Waals surface area contributed by atoms with Crippen LogP contribution in [0.4, 0.5) is 10.1 Å². The van der Waals surface area contributed by atoms with Crippen LogP contribution in [-0.2, 0) is 0 Å². The van der Waals surface area contributed by atoms with E-state index in [1.807, 2.05) is 26.0 Å². The fourth-order valence-electron chi connectivity index (χ4n) is 2.92. The van der Waals surface area contributed by atoms with Gasteiger partial charge in [-0.1, -0.05) is 0 Å².